The minimum Gasteiger partial charge on any atom is -0.393 e. The van der Waals surface area contributed by atoms with Crippen LogP contribution >= 0.6 is 23.8 Å². The third-order valence-electron chi connectivity index (χ3n) is 2.79. The number of halogens is 2. The Balaban J connectivity index is 2.64. The highest BCUT2D eigenvalue weighted by molar-refractivity contribution is 7.80. The molecule has 0 spiro atoms. The Hall–Kier alpha value is -1.20. The van der Waals surface area contributed by atoms with Gasteiger partial charge < -0.3 is 11.1 Å². The lowest BCUT2D eigenvalue weighted by Gasteiger charge is -2.23. The lowest BCUT2D eigenvalue weighted by Crippen LogP contribution is -2.42. The van der Waals surface area contributed by atoms with E-state index in [1.54, 1.807) is 6.07 Å². The smallest absolute Gasteiger partial charge is 0.224 e. The number of nitrogens with two attached hydrogens (primary N) is 1. The van der Waals surface area contributed by atoms with Crippen molar-refractivity contribution in [3.05, 3.63) is 34.6 Å². The fourth-order valence-corrected chi connectivity index (χ4v) is 1.63. The van der Waals surface area contributed by atoms with Gasteiger partial charge in [-0.3, -0.25) is 4.79 Å². The number of hydrogen-bond donors (Lipinski definition) is 2. The van der Waals surface area contributed by atoms with Gasteiger partial charge >= 0.3 is 0 Å². The molecule has 0 aliphatic heterocycles. The van der Waals surface area contributed by atoms with Crippen LogP contribution in [0.2, 0.25) is 5.02 Å². The maximum absolute atomic E-state index is 13.5. The summed E-state index contributed by atoms with van der Waals surface area (Å²) in [6.45, 7) is 3.95. The predicted octanol–water partition coefficient (Wildman–Crippen LogP) is 2.45. The first-order valence-corrected chi connectivity index (χ1v) is 6.52. The fraction of sp³-hybridized carbons (Fsp3) is 0.385. The Kier molecular flexibility index (Phi) is 5.26. The standard InChI is InChI=1S/C13H16ClFN2OS/c1-13(2,12(16)19)7-17-11(18)6-8-9(14)4-3-5-10(8)15/h3-5H,6-7H2,1-2H3,(H2,16,19)(H,17,18). The highest BCUT2D eigenvalue weighted by Crippen LogP contribution is 2.19. The summed E-state index contributed by atoms with van der Waals surface area (Å²) >= 11 is 10.8. The van der Waals surface area contributed by atoms with E-state index in [0.29, 0.717) is 11.5 Å². The summed E-state index contributed by atoms with van der Waals surface area (Å²) in [7, 11) is 0. The van der Waals surface area contributed by atoms with Gasteiger partial charge in [0.15, 0.2) is 0 Å². The topological polar surface area (TPSA) is 55.1 Å². The van der Waals surface area contributed by atoms with E-state index in [1.165, 1.54) is 12.1 Å². The maximum Gasteiger partial charge on any atom is 0.224 e. The fourth-order valence-electron chi connectivity index (χ4n) is 1.33. The van der Waals surface area contributed by atoms with Crippen LogP contribution in [-0.4, -0.2) is 17.4 Å². The van der Waals surface area contributed by atoms with Crippen molar-refractivity contribution >= 4 is 34.7 Å². The van der Waals surface area contributed by atoms with Crippen molar-refractivity contribution in [1.29, 1.82) is 0 Å². The number of hydrogen-bond acceptors (Lipinski definition) is 2. The molecule has 0 bridgehead atoms. The number of amides is 1. The zero-order chi connectivity index (χ0) is 14.6. The van der Waals surface area contributed by atoms with Gasteiger partial charge in [0.1, 0.15) is 5.82 Å². The van der Waals surface area contributed by atoms with Crippen molar-refractivity contribution in [2.45, 2.75) is 20.3 Å². The van der Waals surface area contributed by atoms with Crippen LogP contribution in [0, 0.1) is 11.2 Å². The molecule has 0 aliphatic rings. The molecule has 0 radical (unpaired) electrons. The molecule has 1 aromatic rings. The van der Waals surface area contributed by atoms with E-state index in [2.05, 4.69) is 5.32 Å². The summed E-state index contributed by atoms with van der Waals surface area (Å²) in [6.07, 6.45) is -0.112. The van der Waals surface area contributed by atoms with E-state index in [9.17, 15) is 9.18 Å². The van der Waals surface area contributed by atoms with Crippen LogP contribution in [0.4, 0.5) is 4.39 Å². The van der Waals surface area contributed by atoms with Crippen LogP contribution in [0.25, 0.3) is 0 Å². The zero-order valence-electron chi connectivity index (χ0n) is 10.8. The van der Waals surface area contributed by atoms with Gasteiger partial charge in [0, 0.05) is 22.5 Å². The largest absolute Gasteiger partial charge is 0.393 e. The van der Waals surface area contributed by atoms with E-state index in [0.717, 1.165) is 0 Å². The van der Waals surface area contributed by atoms with Gasteiger partial charge in [0.25, 0.3) is 0 Å². The third-order valence-corrected chi connectivity index (χ3v) is 3.70. The molecular weight excluding hydrogens is 287 g/mol. The van der Waals surface area contributed by atoms with Crippen LogP contribution in [0.5, 0.6) is 0 Å². The molecule has 0 aliphatic carbocycles. The van der Waals surface area contributed by atoms with Gasteiger partial charge in [-0.2, -0.15) is 0 Å². The van der Waals surface area contributed by atoms with Crippen molar-refractivity contribution in [2.24, 2.45) is 11.1 Å². The Morgan fingerprint density at radius 2 is 2.16 bits per heavy atom. The van der Waals surface area contributed by atoms with Gasteiger partial charge in [-0.05, 0) is 12.1 Å². The molecule has 0 atom stereocenters. The molecule has 1 amide bonds. The Morgan fingerprint density at radius 1 is 1.53 bits per heavy atom. The summed E-state index contributed by atoms with van der Waals surface area (Å²) in [4.78, 5) is 12.1. The van der Waals surface area contributed by atoms with Crippen LogP contribution in [0.3, 0.4) is 0 Å². The van der Waals surface area contributed by atoms with Crippen LogP contribution in [-0.2, 0) is 11.2 Å². The van der Waals surface area contributed by atoms with E-state index >= 15 is 0 Å². The molecule has 0 heterocycles. The molecule has 1 aromatic carbocycles. The molecule has 6 heteroatoms. The lowest BCUT2D eigenvalue weighted by atomic mass is 9.93. The van der Waals surface area contributed by atoms with Gasteiger partial charge in [0.2, 0.25) is 5.91 Å². The van der Waals surface area contributed by atoms with Crippen molar-refractivity contribution < 1.29 is 9.18 Å². The van der Waals surface area contributed by atoms with E-state index in [4.69, 9.17) is 29.6 Å². The number of rotatable bonds is 5. The number of nitrogens with one attached hydrogen (secondary N) is 1. The van der Waals surface area contributed by atoms with Crippen LogP contribution < -0.4 is 11.1 Å². The average Bonchev–Trinajstić information content (AvgIpc) is 2.31. The first-order chi connectivity index (χ1) is 8.74. The summed E-state index contributed by atoms with van der Waals surface area (Å²) in [6, 6.07) is 4.31. The molecule has 3 N–H and O–H groups in total. The molecule has 0 saturated carbocycles. The third kappa shape index (κ3) is 4.44. The molecule has 104 valence electrons. The summed E-state index contributed by atoms with van der Waals surface area (Å²) < 4.78 is 13.5. The van der Waals surface area contributed by atoms with Gasteiger partial charge in [-0.1, -0.05) is 43.7 Å². The molecule has 1 rings (SSSR count). The SMILES string of the molecule is CC(C)(CNC(=O)Cc1c(F)cccc1Cl)C(N)=S. The first kappa shape index (κ1) is 15.9. The Labute approximate surface area is 122 Å². The minimum atomic E-state index is -0.490. The van der Waals surface area contributed by atoms with Crippen LogP contribution in [0.1, 0.15) is 19.4 Å². The Bertz CT molecular complexity index is 485. The molecule has 19 heavy (non-hydrogen) atoms. The normalized spacial score (nSPS) is 11.2. The van der Waals surface area contributed by atoms with Crippen molar-refractivity contribution in [1.82, 2.24) is 5.32 Å². The van der Waals surface area contributed by atoms with Crippen LogP contribution in [0.15, 0.2) is 18.2 Å². The average molecular weight is 303 g/mol. The molecule has 0 saturated heterocycles. The monoisotopic (exact) mass is 302 g/mol. The van der Waals surface area contributed by atoms with Gasteiger partial charge in [-0.25, -0.2) is 4.39 Å². The molecular formula is C13H16ClFN2OS. The molecule has 0 unspecified atom stereocenters. The summed E-state index contributed by atoms with van der Waals surface area (Å²) in [5.74, 6) is -0.812. The molecule has 0 aromatic heterocycles. The highest BCUT2D eigenvalue weighted by Gasteiger charge is 2.22. The van der Waals surface area contributed by atoms with Gasteiger partial charge in [0.05, 0.1) is 11.4 Å². The second-order valence-corrected chi connectivity index (χ2v) is 5.75. The maximum atomic E-state index is 13.5. The quantitative estimate of drug-likeness (QED) is 0.822. The Morgan fingerprint density at radius 3 is 2.68 bits per heavy atom. The summed E-state index contributed by atoms with van der Waals surface area (Å²) in [5, 5.41) is 2.92. The highest BCUT2D eigenvalue weighted by atomic mass is 35.5. The number of benzene rings is 1. The van der Waals surface area contributed by atoms with E-state index < -0.39 is 11.2 Å². The number of carbonyl (C=O) groups excluding carboxylic acids is 1. The summed E-state index contributed by atoms with van der Waals surface area (Å²) in [5.41, 5.74) is 5.26. The lowest BCUT2D eigenvalue weighted by molar-refractivity contribution is -0.120. The van der Waals surface area contributed by atoms with Crippen molar-refractivity contribution in [3.8, 4) is 0 Å². The second-order valence-electron chi connectivity index (χ2n) is 4.90. The minimum absolute atomic E-state index is 0.112. The molecule has 0 fully saturated rings. The number of thiocarbonyl (C=S) groups is 1. The van der Waals surface area contributed by atoms with Crippen molar-refractivity contribution in [3.63, 3.8) is 0 Å². The molecule has 3 nitrogen and oxygen atoms in total. The van der Waals surface area contributed by atoms with Crippen molar-refractivity contribution in [2.75, 3.05) is 6.54 Å². The zero-order valence-corrected chi connectivity index (χ0v) is 12.4. The second kappa shape index (κ2) is 6.30. The van der Waals surface area contributed by atoms with E-state index in [1.807, 2.05) is 13.8 Å². The van der Waals surface area contributed by atoms with E-state index in [-0.39, 0.29) is 22.9 Å². The first-order valence-electron chi connectivity index (χ1n) is 5.73. The predicted molar refractivity (Wildman–Crippen MR) is 78.7 cm³/mol. The van der Waals surface area contributed by atoms with Gasteiger partial charge in [-0.15, -0.1) is 0 Å². The number of carbonyl (C=O) groups is 1.